The number of imidazole rings is 1. The van der Waals surface area contributed by atoms with Crippen LogP contribution in [0.25, 0.3) is 0 Å². The van der Waals surface area contributed by atoms with Crippen LogP contribution in [-0.4, -0.2) is 29.3 Å². The van der Waals surface area contributed by atoms with Gasteiger partial charge in [-0.25, -0.2) is 4.98 Å². The molecular formula is C18H22N4O2. The van der Waals surface area contributed by atoms with E-state index >= 15 is 0 Å². The largest absolute Gasteiger partial charge is 0.495 e. The van der Waals surface area contributed by atoms with Crippen molar-refractivity contribution in [1.82, 2.24) is 14.9 Å². The Balaban J connectivity index is 1.60. The summed E-state index contributed by atoms with van der Waals surface area (Å²) in [7, 11) is 3.57. The van der Waals surface area contributed by atoms with Crippen LogP contribution in [0.4, 0.5) is 0 Å². The van der Waals surface area contributed by atoms with E-state index in [1.165, 1.54) is 0 Å². The zero-order valence-electron chi connectivity index (χ0n) is 14.0. The first-order valence-corrected chi connectivity index (χ1v) is 8.09. The average molecular weight is 326 g/mol. The lowest BCUT2D eigenvalue weighted by Crippen LogP contribution is -2.36. The highest BCUT2D eigenvalue weighted by atomic mass is 16.5. The summed E-state index contributed by atoms with van der Waals surface area (Å²) in [6.45, 7) is 1.46. The van der Waals surface area contributed by atoms with Crippen molar-refractivity contribution < 1.29 is 9.47 Å². The van der Waals surface area contributed by atoms with Crippen LogP contribution in [0.2, 0.25) is 0 Å². The lowest BCUT2D eigenvalue weighted by Gasteiger charge is -2.30. The molecule has 0 amide bonds. The van der Waals surface area contributed by atoms with Crippen molar-refractivity contribution >= 4 is 0 Å². The second kappa shape index (κ2) is 7.47. The number of nitrogens with one attached hydrogen (secondary N) is 1. The Kier molecular flexibility index (Phi) is 5.14. The highest BCUT2D eigenvalue weighted by Gasteiger charge is 2.25. The maximum absolute atomic E-state index is 9.18. The third-order valence-electron chi connectivity index (χ3n) is 4.45. The summed E-state index contributed by atoms with van der Waals surface area (Å²) in [5.74, 6) is 0.614. The van der Waals surface area contributed by atoms with Crippen molar-refractivity contribution in [3.8, 4) is 11.8 Å². The van der Waals surface area contributed by atoms with E-state index in [1.54, 1.807) is 13.4 Å². The van der Waals surface area contributed by atoms with Gasteiger partial charge in [-0.05, 0) is 30.5 Å². The van der Waals surface area contributed by atoms with Crippen LogP contribution in [-0.2, 0) is 18.3 Å². The van der Waals surface area contributed by atoms with Crippen molar-refractivity contribution in [3.63, 3.8) is 0 Å². The summed E-state index contributed by atoms with van der Waals surface area (Å²) in [6.07, 6.45) is 5.65. The summed E-state index contributed by atoms with van der Waals surface area (Å²) in [4.78, 5) is 4.17. The van der Waals surface area contributed by atoms with Crippen molar-refractivity contribution in [2.75, 3.05) is 13.7 Å². The quantitative estimate of drug-likeness (QED) is 0.913. The summed E-state index contributed by atoms with van der Waals surface area (Å²) in [5, 5.41) is 12.8. The summed E-state index contributed by atoms with van der Waals surface area (Å²) in [5.41, 5.74) is 2.75. The van der Waals surface area contributed by atoms with Gasteiger partial charge in [0.05, 0.1) is 30.9 Å². The molecule has 0 radical (unpaired) electrons. The van der Waals surface area contributed by atoms with Crippen LogP contribution in [0.3, 0.4) is 0 Å². The molecule has 6 heteroatoms. The maximum Gasteiger partial charge on any atom is 0.136 e. The number of aromatic nitrogens is 2. The Hall–Kier alpha value is -2.36. The molecule has 0 bridgehead atoms. The Morgan fingerprint density at radius 3 is 3.08 bits per heavy atom. The zero-order valence-corrected chi connectivity index (χ0v) is 14.0. The number of nitriles is 1. The monoisotopic (exact) mass is 326 g/mol. The SMILES string of the molecule is COc1ccc(CNC2CCOC(c3cncn3C)C2)cc1C#N. The van der Waals surface area contributed by atoms with E-state index in [4.69, 9.17) is 9.47 Å². The lowest BCUT2D eigenvalue weighted by atomic mass is 10.0. The molecule has 2 atom stereocenters. The van der Waals surface area contributed by atoms with Crippen molar-refractivity contribution in [1.29, 1.82) is 5.26 Å². The third kappa shape index (κ3) is 3.58. The Morgan fingerprint density at radius 1 is 1.50 bits per heavy atom. The van der Waals surface area contributed by atoms with Gasteiger partial charge in [0.2, 0.25) is 0 Å². The predicted octanol–water partition coefficient (Wildman–Crippen LogP) is 2.31. The van der Waals surface area contributed by atoms with Gasteiger partial charge >= 0.3 is 0 Å². The fourth-order valence-electron chi connectivity index (χ4n) is 3.08. The molecule has 1 aromatic heterocycles. The number of methoxy groups -OCH3 is 1. The number of benzene rings is 1. The van der Waals surface area contributed by atoms with E-state index < -0.39 is 0 Å². The molecule has 126 valence electrons. The fraction of sp³-hybridized carbons (Fsp3) is 0.444. The second-order valence-electron chi connectivity index (χ2n) is 6.04. The summed E-state index contributed by atoms with van der Waals surface area (Å²) in [6, 6.07) is 8.27. The van der Waals surface area contributed by atoms with E-state index in [2.05, 4.69) is 16.4 Å². The van der Waals surface area contributed by atoms with Gasteiger partial charge in [-0.3, -0.25) is 0 Å². The first-order valence-electron chi connectivity index (χ1n) is 8.09. The van der Waals surface area contributed by atoms with Gasteiger partial charge in [0.15, 0.2) is 0 Å². The lowest BCUT2D eigenvalue weighted by molar-refractivity contribution is -0.00404. The van der Waals surface area contributed by atoms with Crippen LogP contribution in [0, 0.1) is 11.3 Å². The number of rotatable bonds is 5. The highest BCUT2D eigenvalue weighted by Crippen LogP contribution is 2.28. The molecule has 1 aromatic carbocycles. The second-order valence-corrected chi connectivity index (χ2v) is 6.04. The minimum absolute atomic E-state index is 0.0780. The van der Waals surface area contributed by atoms with Crippen molar-refractivity contribution in [2.24, 2.45) is 7.05 Å². The molecule has 24 heavy (non-hydrogen) atoms. The number of aryl methyl sites for hydroxylation is 1. The van der Waals surface area contributed by atoms with E-state index in [1.807, 2.05) is 36.0 Å². The molecule has 1 N–H and O–H groups in total. The zero-order chi connectivity index (χ0) is 16.9. The molecule has 1 fully saturated rings. The van der Waals surface area contributed by atoms with Crippen LogP contribution in [0.15, 0.2) is 30.7 Å². The number of hydrogen-bond donors (Lipinski definition) is 1. The first-order chi connectivity index (χ1) is 11.7. The van der Waals surface area contributed by atoms with Crippen molar-refractivity contribution in [2.45, 2.75) is 31.5 Å². The predicted molar refractivity (Wildman–Crippen MR) is 89.5 cm³/mol. The fourth-order valence-corrected chi connectivity index (χ4v) is 3.08. The standard InChI is InChI=1S/C18H22N4O2/c1-22-12-20-11-16(22)18-8-15(5-6-24-18)21-10-13-3-4-17(23-2)14(7-13)9-19/h3-4,7,11-12,15,18,21H,5-6,8,10H2,1-2H3. The number of nitrogens with zero attached hydrogens (tertiary/aromatic N) is 3. The number of ether oxygens (including phenoxy) is 2. The van der Waals surface area contributed by atoms with Gasteiger partial charge in [0, 0.05) is 26.2 Å². The molecule has 1 saturated heterocycles. The van der Waals surface area contributed by atoms with Crippen LogP contribution < -0.4 is 10.1 Å². The minimum Gasteiger partial charge on any atom is -0.495 e. The molecule has 6 nitrogen and oxygen atoms in total. The van der Waals surface area contributed by atoms with Gasteiger partial charge in [0.25, 0.3) is 0 Å². The van der Waals surface area contributed by atoms with E-state index in [-0.39, 0.29) is 6.10 Å². The molecule has 2 aromatic rings. The minimum atomic E-state index is 0.0780. The highest BCUT2D eigenvalue weighted by molar-refractivity contribution is 5.45. The van der Waals surface area contributed by atoms with Crippen molar-refractivity contribution in [3.05, 3.63) is 47.5 Å². The molecule has 1 aliphatic heterocycles. The molecule has 3 rings (SSSR count). The molecule has 0 spiro atoms. The Morgan fingerprint density at radius 2 is 2.38 bits per heavy atom. The van der Waals surface area contributed by atoms with E-state index in [0.717, 1.165) is 37.3 Å². The molecule has 0 saturated carbocycles. The van der Waals surface area contributed by atoms with E-state index in [9.17, 15) is 5.26 Å². The normalized spacial score (nSPS) is 20.5. The molecule has 1 aliphatic rings. The van der Waals surface area contributed by atoms with E-state index in [0.29, 0.717) is 17.4 Å². The van der Waals surface area contributed by atoms with Crippen LogP contribution in [0.1, 0.15) is 35.8 Å². The third-order valence-corrected chi connectivity index (χ3v) is 4.45. The van der Waals surface area contributed by atoms with Gasteiger partial charge in [-0.15, -0.1) is 0 Å². The Labute approximate surface area is 142 Å². The molecule has 2 unspecified atom stereocenters. The van der Waals surface area contributed by atoms with Gasteiger partial charge in [-0.2, -0.15) is 5.26 Å². The first kappa shape index (κ1) is 16.5. The average Bonchev–Trinajstić information content (AvgIpc) is 3.06. The molecular weight excluding hydrogens is 304 g/mol. The van der Waals surface area contributed by atoms with Crippen LogP contribution >= 0.6 is 0 Å². The smallest absolute Gasteiger partial charge is 0.136 e. The number of hydrogen-bond acceptors (Lipinski definition) is 5. The van der Waals surface area contributed by atoms with Gasteiger partial charge in [-0.1, -0.05) is 6.07 Å². The summed E-state index contributed by atoms with van der Waals surface area (Å²) < 4.78 is 13.1. The summed E-state index contributed by atoms with van der Waals surface area (Å²) >= 11 is 0. The molecule has 0 aliphatic carbocycles. The topological polar surface area (TPSA) is 72.1 Å². The maximum atomic E-state index is 9.18. The molecule has 2 heterocycles. The van der Waals surface area contributed by atoms with Gasteiger partial charge in [0.1, 0.15) is 17.9 Å². The Bertz CT molecular complexity index is 735. The van der Waals surface area contributed by atoms with Gasteiger partial charge < -0.3 is 19.4 Å². The van der Waals surface area contributed by atoms with Crippen LogP contribution in [0.5, 0.6) is 5.75 Å².